The quantitative estimate of drug-likeness (QED) is 0.314. The molecule has 0 heterocycles. The summed E-state index contributed by atoms with van der Waals surface area (Å²) in [5, 5.41) is 2.92. The molecule has 0 saturated heterocycles. The van der Waals surface area contributed by atoms with Gasteiger partial charge in [0.15, 0.2) is 12.1 Å². The zero-order chi connectivity index (χ0) is 14.2. The zero-order valence-electron chi connectivity index (χ0n) is 11.6. The number of rotatable bonds is 8. The van der Waals surface area contributed by atoms with Crippen LogP contribution >= 0.6 is 19.6 Å². The number of thiocarbonyl (C=S) groups is 1. The molecule has 4 nitrogen and oxygen atoms in total. The first-order valence-corrected chi connectivity index (χ1v) is 8.67. The minimum Gasteiger partial charge on any atom is -0.372 e. The molecule has 0 bridgehead atoms. The van der Waals surface area contributed by atoms with Crippen molar-refractivity contribution in [2.75, 3.05) is 6.54 Å². The van der Waals surface area contributed by atoms with E-state index in [0.29, 0.717) is 13.0 Å². The molecule has 18 heavy (non-hydrogen) atoms. The molecule has 0 aromatic carbocycles. The first-order chi connectivity index (χ1) is 8.32. The van der Waals surface area contributed by atoms with Crippen molar-refractivity contribution in [2.45, 2.75) is 52.9 Å². The second-order valence-electron chi connectivity index (χ2n) is 4.98. The predicted molar refractivity (Wildman–Crippen MR) is 84.7 cm³/mol. The Morgan fingerprint density at radius 1 is 1.28 bits per heavy atom. The molecule has 0 radical (unpaired) electrons. The number of hydrogen-bond acceptors (Lipinski definition) is 3. The normalized spacial score (nSPS) is 11.7. The highest BCUT2D eigenvalue weighted by Crippen LogP contribution is 2.40. The average molecular weight is 294 g/mol. The van der Waals surface area contributed by atoms with Crippen LogP contribution in [0.3, 0.4) is 0 Å². The highest BCUT2D eigenvalue weighted by Gasteiger charge is 2.21. The first-order valence-electron chi connectivity index (χ1n) is 6.57. The highest BCUT2D eigenvalue weighted by molar-refractivity contribution is 8.01. The van der Waals surface area contributed by atoms with Crippen LogP contribution < -0.4 is 11.1 Å². The van der Waals surface area contributed by atoms with Gasteiger partial charge in [0.1, 0.15) is 0 Å². The molecule has 0 fully saturated rings. The summed E-state index contributed by atoms with van der Waals surface area (Å²) in [5.74, 6) is 0.288. The second-order valence-corrected chi connectivity index (χ2v) is 7.92. The van der Waals surface area contributed by atoms with Crippen molar-refractivity contribution >= 4 is 29.7 Å². The number of nitrogens with one attached hydrogen (secondary N) is 1. The molecule has 0 spiro atoms. The third-order valence-corrected chi connectivity index (χ3v) is 5.22. The summed E-state index contributed by atoms with van der Waals surface area (Å²) in [6, 6.07) is 0. The van der Waals surface area contributed by atoms with Crippen LogP contribution in [-0.4, -0.2) is 26.5 Å². The van der Waals surface area contributed by atoms with Crippen LogP contribution in [0.5, 0.6) is 0 Å². The van der Waals surface area contributed by atoms with Crippen molar-refractivity contribution in [2.24, 2.45) is 11.7 Å². The maximum atomic E-state index is 10.0. The smallest absolute Gasteiger partial charge is 0.189 e. The van der Waals surface area contributed by atoms with Crippen molar-refractivity contribution in [3.8, 4) is 0 Å². The molecule has 6 heteroatoms. The molecule has 5 N–H and O–H groups in total. The summed E-state index contributed by atoms with van der Waals surface area (Å²) in [5.41, 5.74) is 5.96. The molecule has 0 rings (SSSR count). The van der Waals surface area contributed by atoms with Crippen LogP contribution in [0.2, 0.25) is 0 Å². The van der Waals surface area contributed by atoms with E-state index >= 15 is 0 Å². The standard InChI is InChI=1S/C12H27N2O2PS/c1-4-5-6-7-8-14-12(18)17(15,16)11(13)9-10(2)3/h10,15-16H,4-9,13H2,1-3H3,(H,14,18). The third kappa shape index (κ3) is 6.86. The topological polar surface area (TPSA) is 78.5 Å². The van der Waals surface area contributed by atoms with Gasteiger partial charge >= 0.3 is 0 Å². The molecule has 108 valence electrons. The van der Waals surface area contributed by atoms with Crippen LogP contribution in [-0.2, 0) is 0 Å². The fourth-order valence-corrected chi connectivity index (χ4v) is 3.20. The lowest BCUT2D eigenvalue weighted by molar-refractivity contribution is 0.490. The minimum atomic E-state index is -3.42. The fraction of sp³-hybridized carbons (Fsp3) is 0.833. The molecule has 0 atom stereocenters. The molecule has 0 aromatic heterocycles. The van der Waals surface area contributed by atoms with E-state index in [0.717, 1.165) is 12.8 Å². The lowest BCUT2D eigenvalue weighted by Gasteiger charge is -2.19. The summed E-state index contributed by atoms with van der Waals surface area (Å²) in [7, 11) is -3.42. The lowest BCUT2D eigenvalue weighted by atomic mass is 10.1. The summed E-state index contributed by atoms with van der Waals surface area (Å²) in [6.45, 7) is 6.79. The lowest BCUT2D eigenvalue weighted by Crippen LogP contribution is -2.28. The van der Waals surface area contributed by atoms with E-state index in [1.807, 2.05) is 13.8 Å². The molecule has 0 saturated carbocycles. The van der Waals surface area contributed by atoms with Crippen LogP contribution in [0.1, 0.15) is 52.9 Å². The molecular formula is C12H27N2O2PS. The van der Waals surface area contributed by atoms with E-state index in [1.54, 1.807) is 0 Å². The Hall–Kier alpha value is 0.0700. The fourth-order valence-electron chi connectivity index (χ4n) is 1.53. The molecule has 0 unspecified atom stereocenters. The van der Waals surface area contributed by atoms with E-state index in [1.165, 1.54) is 12.8 Å². The van der Waals surface area contributed by atoms with Gasteiger partial charge in [-0.15, -0.1) is 0 Å². The van der Waals surface area contributed by atoms with Gasteiger partial charge in [0.2, 0.25) is 0 Å². The molecule has 0 amide bonds. The van der Waals surface area contributed by atoms with Gasteiger partial charge in [-0.05, 0) is 18.8 Å². The third-order valence-electron chi connectivity index (χ3n) is 2.61. The summed E-state index contributed by atoms with van der Waals surface area (Å²) in [4.78, 5) is 20.0. The van der Waals surface area contributed by atoms with E-state index in [-0.39, 0.29) is 16.1 Å². The Morgan fingerprint density at radius 3 is 2.39 bits per heavy atom. The number of nitrogens with two attached hydrogens (primary N) is 1. The van der Waals surface area contributed by atoms with Gasteiger partial charge in [-0.3, -0.25) is 0 Å². The Labute approximate surface area is 116 Å². The average Bonchev–Trinajstić information content (AvgIpc) is 2.27. The molecule has 0 aliphatic heterocycles. The second kappa shape index (κ2) is 9.05. The number of hydrogen-bond donors (Lipinski definition) is 4. The van der Waals surface area contributed by atoms with E-state index in [4.69, 9.17) is 18.0 Å². The van der Waals surface area contributed by atoms with Gasteiger partial charge < -0.3 is 20.8 Å². The van der Waals surface area contributed by atoms with Crippen LogP contribution in [0.4, 0.5) is 0 Å². The van der Waals surface area contributed by atoms with Crippen LogP contribution in [0.15, 0.2) is 0 Å². The largest absolute Gasteiger partial charge is 0.372 e. The molecule has 0 aliphatic carbocycles. The maximum Gasteiger partial charge on any atom is 0.189 e. The summed E-state index contributed by atoms with van der Waals surface area (Å²) >= 11 is 5.03. The van der Waals surface area contributed by atoms with Gasteiger partial charge in [0, 0.05) is 12.0 Å². The van der Waals surface area contributed by atoms with Gasteiger partial charge in [-0.2, -0.15) is 0 Å². The molecule has 0 aliphatic rings. The summed E-state index contributed by atoms with van der Waals surface area (Å²) < 4.78 is 0.108. The van der Waals surface area contributed by atoms with E-state index in [2.05, 4.69) is 12.2 Å². The Bertz CT molecular complexity index is 313. The van der Waals surface area contributed by atoms with Crippen LogP contribution in [0.25, 0.3) is 0 Å². The van der Waals surface area contributed by atoms with E-state index in [9.17, 15) is 9.79 Å². The molecular weight excluding hydrogens is 267 g/mol. The summed E-state index contributed by atoms with van der Waals surface area (Å²) in [6.07, 6.45) is 4.96. The molecule has 0 aromatic rings. The minimum absolute atomic E-state index is 0.108. The van der Waals surface area contributed by atoms with Crippen molar-refractivity contribution in [3.63, 3.8) is 0 Å². The predicted octanol–water partition coefficient (Wildman–Crippen LogP) is 2.41. The Morgan fingerprint density at radius 2 is 1.89 bits per heavy atom. The monoisotopic (exact) mass is 294 g/mol. The van der Waals surface area contributed by atoms with Gasteiger partial charge in [-0.1, -0.05) is 52.3 Å². The van der Waals surface area contributed by atoms with Gasteiger partial charge in [-0.25, -0.2) is 0 Å². The Balaban J connectivity index is 4.29. The highest BCUT2D eigenvalue weighted by atomic mass is 32.1. The first kappa shape index (κ1) is 18.1. The van der Waals surface area contributed by atoms with Crippen molar-refractivity contribution < 1.29 is 9.79 Å². The van der Waals surface area contributed by atoms with Crippen molar-refractivity contribution in [3.05, 3.63) is 0 Å². The van der Waals surface area contributed by atoms with E-state index < -0.39 is 7.34 Å². The van der Waals surface area contributed by atoms with Crippen LogP contribution in [0, 0.1) is 5.92 Å². The number of unbranched alkanes of at least 4 members (excludes halogenated alkanes) is 3. The SMILES string of the molecule is CCCCCCNC(=S)P(O)(O)=C(N)CC(C)C. The van der Waals surface area contributed by atoms with Gasteiger partial charge in [0.25, 0.3) is 0 Å². The van der Waals surface area contributed by atoms with Gasteiger partial charge in [0.05, 0.1) is 0 Å². The zero-order valence-corrected chi connectivity index (χ0v) is 13.4. The Kier molecular flexibility index (Phi) is 9.09. The van der Waals surface area contributed by atoms with Crippen molar-refractivity contribution in [1.29, 1.82) is 0 Å². The maximum absolute atomic E-state index is 10.0. The van der Waals surface area contributed by atoms with Crippen molar-refractivity contribution in [1.82, 2.24) is 5.32 Å².